The van der Waals surface area contributed by atoms with Crippen LogP contribution in [0.1, 0.15) is 13.8 Å². The molecular formula is C22H24N2O3. The molecule has 2 N–H and O–H groups in total. The molecule has 27 heavy (non-hydrogen) atoms. The number of anilines is 1. The number of nitrogen functional groups attached to an aromatic ring is 1. The molecule has 0 radical (unpaired) electrons. The van der Waals surface area contributed by atoms with Gasteiger partial charge in [0.1, 0.15) is 11.5 Å². The van der Waals surface area contributed by atoms with Crippen LogP contribution in [0.3, 0.4) is 0 Å². The Hall–Kier alpha value is -3.70. The van der Waals surface area contributed by atoms with Gasteiger partial charge in [-0.25, -0.2) is 4.99 Å². The largest absolute Gasteiger partial charge is 0.497 e. The van der Waals surface area contributed by atoms with Crippen LogP contribution in [-0.4, -0.2) is 26.7 Å². The van der Waals surface area contributed by atoms with Gasteiger partial charge in [-0.05, 0) is 68.3 Å². The molecule has 0 bridgehead atoms. The van der Waals surface area contributed by atoms with Crippen LogP contribution in [0.4, 0.5) is 11.4 Å². The van der Waals surface area contributed by atoms with Crippen molar-refractivity contribution in [3.8, 4) is 35.2 Å². The maximum Gasteiger partial charge on any atom is 0.192 e. The van der Waals surface area contributed by atoms with Crippen LogP contribution >= 0.6 is 0 Å². The number of carbonyl (C=O) groups is 1. The Morgan fingerprint density at radius 1 is 0.852 bits per heavy atom. The average molecular weight is 364 g/mol. The Labute approximate surface area is 161 Å². The van der Waals surface area contributed by atoms with Crippen molar-refractivity contribution in [1.82, 2.24) is 0 Å². The minimum absolute atomic E-state index is 0.569. The van der Waals surface area contributed by atoms with Crippen molar-refractivity contribution in [2.45, 2.75) is 13.8 Å². The summed E-state index contributed by atoms with van der Waals surface area (Å²) >= 11 is 0. The number of rotatable bonds is 3. The summed E-state index contributed by atoms with van der Waals surface area (Å²) in [4.78, 5) is 13.3. The Morgan fingerprint density at radius 2 is 1.33 bits per heavy atom. The molecule has 0 saturated heterocycles. The summed E-state index contributed by atoms with van der Waals surface area (Å²) in [7, 11) is 3.27. The van der Waals surface area contributed by atoms with E-state index in [4.69, 9.17) is 15.2 Å². The molecule has 0 unspecified atom stereocenters. The zero-order chi connectivity index (χ0) is 20.3. The van der Waals surface area contributed by atoms with Crippen LogP contribution in [0.25, 0.3) is 0 Å². The molecule has 0 aliphatic rings. The maximum absolute atomic E-state index is 9.23. The number of nitrogens with zero attached hydrogens (tertiary/aromatic N) is 1. The molecule has 0 saturated carbocycles. The van der Waals surface area contributed by atoms with Gasteiger partial charge >= 0.3 is 0 Å². The number of methoxy groups -OCH3 is 2. The molecule has 0 fully saturated rings. The first-order chi connectivity index (χ1) is 13.1. The van der Waals surface area contributed by atoms with E-state index in [0.717, 1.165) is 22.9 Å². The van der Waals surface area contributed by atoms with E-state index in [1.807, 2.05) is 36.4 Å². The molecule has 5 nitrogen and oxygen atoms in total. The van der Waals surface area contributed by atoms with Crippen LogP contribution < -0.4 is 15.2 Å². The summed E-state index contributed by atoms with van der Waals surface area (Å²) in [5, 5.41) is 0. The van der Waals surface area contributed by atoms with Crippen LogP contribution in [0, 0.1) is 23.7 Å². The van der Waals surface area contributed by atoms with E-state index in [1.54, 1.807) is 46.4 Å². The Bertz CT molecular complexity index is 803. The lowest BCUT2D eigenvalue weighted by atomic mass is 10.3. The smallest absolute Gasteiger partial charge is 0.192 e. The minimum Gasteiger partial charge on any atom is -0.497 e. The van der Waals surface area contributed by atoms with Gasteiger partial charge in [0.2, 0.25) is 0 Å². The zero-order valence-electron chi connectivity index (χ0n) is 16.0. The Morgan fingerprint density at radius 3 is 1.70 bits per heavy atom. The van der Waals surface area contributed by atoms with E-state index in [2.05, 4.69) is 28.7 Å². The van der Waals surface area contributed by atoms with Crippen molar-refractivity contribution in [2.75, 3.05) is 20.0 Å². The number of benzene rings is 2. The normalized spacial score (nSPS) is 8.30. The number of aldehydes is 1. The molecule has 0 spiro atoms. The summed E-state index contributed by atoms with van der Waals surface area (Å²) < 4.78 is 9.93. The lowest BCUT2D eigenvalue weighted by Gasteiger charge is -1.97. The summed E-state index contributed by atoms with van der Waals surface area (Å²) in [6, 6.07) is 14.8. The molecule has 0 aromatic heterocycles. The minimum atomic E-state index is 0.569. The number of ether oxygens (including phenoxy) is 2. The van der Waals surface area contributed by atoms with E-state index in [9.17, 15) is 4.79 Å². The van der Waals surface area contributed by atoms with Crippen LogP contribution in [0.5, 0.6) is 11.5 Å². The molecular weight excluding hydrogens is 340 g/mol. The SMILES string of the molecule is CC#CC=Nc1ccc(OC)cc1.CC#CC=O.COc1ccc(N)cc1. The van der Waals surface area contributed by atoms with Gasteiger partial charge in [-0.15, -0.1) is 5.92 Å². The first-order valence-electron chi connectivity index (χ1n) is 7.95. The molecule has 2 aromatic rings. The maximum atomic E-state index is 9.23. The Kier molecular flexibility index (Phi) is 13.6. The van der Waals surface area contributed by atoms with Crippen molar-refractivity contribution in [3.05, 3.63) is 48.5 Å². The molecule has 0 atom stereocenters. The van der Waals surface area contributed by atoms with Crippen LogP contribution in [0.2, 0.25) is 0 Å². The third-order valence-electron chi connectivity index (χ3n) is 2.81. The number of aliphatic imine (C=N–C) groups is 1. The molecule has 5 heteroatoms. The molecule has 0 amide bonds. The summed E-state index contributed by atoms with van der Waals surface area (Å²) in [5.74, 6) is 11.7. The van der Waals surface area contributed by atoms with Crippen molar-refractivity contribution in [1.29, 1.82) is 0 Å². The highest BCUT2D eigenvalue weighted by Crippen LogP contribution is 2.16. The fraction of sp³-hybridized carbons (Fsp3) is 0.182. The monoisotopic (exact) mass is 364 g/mol. The zero-order valence-corrected chi connectivity index (χ0v) is 16.0. The van der Waals surface area contributed by atoms with Gasteiger partial charge in [0.05, 0.1) is 26.1 Å². The second-order valence-corrected chi connectivity index (χ2v) is 4.64. The summed E-state index contributed by atoms with van der Waals surface area (Å²) in [6.07, 6.45) is 2.15. The first kappa shape index (κ1) is 23.3. The average Bonchev–Trinajstić information content (AvgIpc) is 2.71. The highest BCUT2D eigenvalue weighted by molar-refractivity contribution is 5.80. The van der Waals surface area contributed by atoms with Crippen molar-refractivity contribution in [2.24, 2.45) is 4.99 Å². The summed E-state index contributed by atoms with van der Waals surface area (Å²) in [6.45, 7) is 3.40. The third-order valence-corrected chi connectivity index (χ3v) is 2.81. The van der Waals surface area contributed by atoms with E-state index in [0.29, 0.717) is 6.29 Å². The van der Waals surface area contributed by atoms with Gasteiger partial charge in [-0.2, -0.15) is 0 Å². The predicted molar refractivity (Wildman–Crippen MR) is 112 cm³/mol. The molecule has 2 aromatic carbocycles. The van der Waals surface area contributed by atoms with Gasteiger partial charge in [-0.3, -0.25) is 4.79 Å². The topological polar surface area (TPSA) is 73.9 Å². The van der Waals surface area contributed by atoms with Crippen molar-refractivity contribution < 1.29 is 14.3 Å². The number of nitrogens with two attached hydrogens (primary N) is 1. The summed E-state index contributed by atoms with van der Waals surface area (Å²) in [5.41, 5.74) is 7.06. The van der Waals surface area contributed by atoms with Crippen molar-refractivity contribution in [3.63, 3.8) is 0 Å². The Balaban J connectivity index is 0.000000419. The third kappa shape index (κ3) is 12.3. The van der Waals surface area contributed by atoms with Gasteiger partial charge in [0.15, 0.2) is 6.29 Å². The van der Waals surface area contributed by atoms with Crippen molar-refractivity contribution >= 4 is 23.9 Å². The predicted octanol–water partition coefficient (Wildman–Crippen LogP) is 3.91. The van der Waals surface area contributed by atoms with E-state index < -0.39 is 0 Å². The number of hydrogen-bond donors (Lipinski definition) is 1. The van der Waals surface area contributed by atoms with Gasteiger partial charge in [-0.1, -0.05) is 11.8 Å². The number of carbonyl (C=O) groups excluding carboxylic acids is 1. The second-order valence-electron chi connectivity index (χ2n) is 4.64. The number of hydrogen-bond acceptors (Lipinski definition) is 5. The van der Waals surface area contributed by atoms with E-state index in [-0.39, 0.29) is 0 Å². The van der Waals surface area contributed by atoms with E-state index in [1.165, 1.54) is 0 Å². The lowest BCUT2D eigenvalue weighted by molar-refractivity contribution is -0.103. The fourth-order valence-electron chi connectivity index (χ4n) is 1.50. The highest BCUT2D eigenvalue weighted by Gasteiger charge is 1.89. The highest BCUT2D eigenvalue weighted by atomic mass is 16.5. The van der Waals surface area contributed by atoms with Gasteiger partial charge in [0.25, 0.3) is 0 Å². The molecule has 140 valence electrons. The second kappa shape index (κ2) is 15.8. The lowest BCUT2D eigenvalue weighted by Crippen LogP contribution is -1.84. The molecule has 0 aliphatic carbocycles. The van der Waals surface area contributed by atoms with Gasteiger partial charge < -0.3 is 15.2 Å². The van der Waals surface area contributed by atoms with Gasteiger partial charge in [0, 0.05) is 5.69 Å². The standard InChI is InChI=1S/C11H11NO.C7H9NO.C4H4O/c1-3-4-9-12-10-5-7-11(13-2)8-6-10;1-9-7-4-2-6(8)3-5-7;1-2-3-4-5/h5-9H,1-2H3;2-5H,8H2,1H3;4H,1H3. The van der Waals surface area contributed by atoms with E-state index >= 15 is 0 Å². The van der Waals surface area contributed by atoms with Crippen LogP contribution in [-0.2, 0) is 4.79 Å². The molecule has 0 heterocycles. The van der Waals surface area contributed by atoms with Crippen LogP contribution in [0.15, 0.2) is 53.5 Å². The first-order valence-corrected chi connectivity index (χ1v) is 7.95. The fourth-order valence-corrected chi connectivity index (χ4v) is 1.50. The molecule has 0 aliphatic heterocycles. The quantitative estimate of drug-likeness (QED) is 0.388. The molecule has 2 rings (SSSR count).